The van der Waals surface area contributed by atoms with Gasteiger partial charge in [-0.15, -0.1) is 0 Å². The monoisotopic (exact) mass is 229 g/mol. The zero-order valence-corrected chi connectivity index (χ0v) is 11.6. The van der Waals surface area contributed by atoms with Gasteiger partial charge in [0.1, 0.15) is 0 Å². The Hall–Kier alpha value is -0.0800. The maximum Gasteiger partial charge on any atom is 0.0572 e. The molecule has 0 spiro atoms. The minimum Gasteiger partial charge on any atom is -0.305 e. The fourth-order valence-electron chi connectivity index (χ4n) is 1.91. The summed E-state index contributed by atoms with van der Waals surface area (Å²) in [4.78, 5) is 4.78. The SMILES string of the molecule is CONCCCCCCCCCCC(C)C. The Bertz CT molecular complexity index is 126. The zero-order chi connectivity index (χ0) is 12.1. The maximum absolute atomic E-state index is 4.78. The van der Waals surface area contributed by atoms with Crippen molar-refractivity contribution in [1.82, 2.24) is 5.48 Å². The van der Waals surface area contributed by atoms with Gasteiger partial charge in [0, 0.05) is 6.54 Å². The predicted octanol–water partition coefficient (Wildman–Crippen LogP) is 4.30. The molecule has 0 rings (SSSR count). The second-order valence-electron chi connectivity index (χ2n) is 5.11. The molecule has 0 aliphatic carbocycles. The number of rotatable bonds is 12. The van der Waals surface area contributed by atoms with E-state index in [0.717, 1.165) is 12.5 Å². The third-order valence-electron chi connectivity index (χ3n) is 2.95. The molecule has 1 N–H and O–H groups in total. The quantitative estimate of drug-likeness (QED) is 0.398. The van der Waals surface area contributed by atoms with Crippen molar-refractivity contribution < 1.29 is 4.84 Å². The molecule has 0 bridgehead atoms. The van der Waals surface area contributed by atoms with Crippen molar-refractivity contribution in [2.75, 3.05) is 13.7 Å². The van der Waals surface area contributed by atoms with Crippen molar-refractivity contribution in [3.05, 3.63) is 0 Å². The number of hydrogen-bond donors (Lipinski definition) is 1. The van der Waals surface area contributed by atoms with Crippen LogP contribution in [0.25, 0.3) is 0 Å². The summed E-state index contributed by atoms with van der Waals surface area (Å²) >= 11 is 0. The number of hydrogen-bond acceptors (Lipinski definition) is 2. The molecule has 0 radical (unpaired) electrons. The van der Waals surface area contributed by atoms with Crippen molar-refractivity contribution in [3.8, 4) is 0 Å². The first-order chi connectivity index (χ1) is 7.77. The molecule has 0 unspecified atom stereocenters. The first kappa shape index (κ1) is 15.9. The third-order valence-corrected chi connectivity index (χ3v) is 2.95. The first-order valence-electron chi connectivity index (χ1n) is 7.03. The molecular formula is C14H31NO. The van der Waals surface area contributed by atoms with Crippen LogP contribution < -0.4 is 5.48 Å². The predicted molar refractivity (Wildman–Crippen MR) is 71.4 cm³/mol. The van der Waals surface area contributed by atoms with E-state index in [9.17, 15) is 0 Å². The largest absolute Gasteiger partial charge is 0.305 e. The lowest BCUT2D eigenvalue weighted by atomic mass is 10.0. The van der Waals surface area contributed by atoms with E-state index in [1.165, 1.54) is 57.8 Å². The van der Waals surface area contributed by atoms with Gasteiger partial charge in [-0.25, -0.2) is 5.48 Å². The van der Waals surface area contributed by atoms with E-state index in [1.807, 2.05) is 0 Å². The van der Waals surface area contributed by atoms with Crippen LogP contribution >= 0.6 is 0 Å². The third kappa shape index (κ3) is 13.9. The van der Waals surface area contributed by atoms with Crippen molar-refractivity contribution in [3.63, 3.8) is 0 Å². The van der Waals surface area contributed by atoms with E-state index in [0.29, 0.717) is 0 Å². The number of hydroxylamine groups is 1. The van der Waals surface area contributed by atoms with Crippen LogP contribution in [0.4, 0.5) is 0 Å². The fraction of sp³-hybridized carbons (Fsp3) is 1.00. The van der Waals surface area contributed by atoms with E-state index < -0.39 is 0 Å². The molecule has 0 saturated carbocycles. The van der Waals surface area contributed by atoms with Gasteiger partial charge in [0.05, 0.1) is 7.11 Å². The second kappa shape index (κ2) is 13.0. The van der Waals surface area contributed by atoms with Crippen LogP contribution in [0, 0.1) is 5.92 Å². The summed E-state index contributed by atoms with van der Waals surface area (Å²) in [7, 11) is 1.68. The number of unbranched alkanes of at least 4 members (excludes halogenated alkanes) is 7. The molecule has 0 atom stereocenters. The zero-order valence-electron chi connectivity index (χ0n) is 11.6. The molecule has 0 aromatic rings. The van der Waals surface area contributed by atoms with Crippen LogP contribution in [0.2, 0.25) is 0 Å². The topological polar surface area (TPSA) is 21.3 Å². The van der Waals surface area contributed by atoms with Crippen molar-refractivity contribution in [1.29, 1.82) is 0 Å². The van der Waals surface area contributed by atoms with Gasteiger partial charge in [0.15, 0.2) is 0 Å². The van der Waals surface area contributed by atoms with Gasteiger partial charge in [-0.1, -0.05) is 65.2 Å². The van der Waals surface area contributed by atoms with E-state index in [-0.39, 0.29) is 0 Å². The highest BCUT2D eigenvalue weighted by molar-refractivity contribution is 4.49. The smallest absolute Gasteiger partial charge is 0.0572 e. The van der Waals surface area contributed by atoms with Gasteiger partial charge in [-0.2, -0.15) is 0 Å². The summed E-state index contributed by atoms with van der Waals surface area (Å²) in [6.45, 7) is 5.62. The minimum absolute atomic E-state index is 0.883. The second-order valence-corrected chi connectivity index (χ2v) is 5.11. The summed E-state index contributed by atoms with van der Waals surface area (Å²) in [5, 5.41) is 0. The van der Waals surface area contributed by atoms with Crippen LogP contribution in [-0.2, 0) is 4.84 Å². The molecule has 0 aromatic heterocycles. The average Bonchev–Trinajstić information content (AvgIpc) is 2.25. The molecule has 0 aliphatic heterocycles. The van der Waals surface area contributed by atoms with Crippen molar-refractivity contribution >= 4 is 0 Å². The van der Waals surface area contributed by atoms with Gasteiger partial charge in [-0.05, 0) is 12.3 Å². The van der Waals surface area contributed by atoms with Gasteiger partial charge in [-0.3, -0.25) is 0 Å². The lowest BCUT2D eigenvalue weighted by molar-refractivity contribution is 0.0904. The van der Waals surface area contributed by atoms with Gasteiger partial charge >= 0.3 is 0 Å². The molecule has 0 heterocycles. The van der Waals surface area contributed by atoms with Crippen LogP contribution in [0.15, 0.2) is 0 Å². The van der Waals surface area contributed by atoms with Gasteiger partial charge in [0.2, 0.25) is 0 Å². The highest BCUT2D eigenvalue weighted by Crippen LogP contribution is 2.12. The lowest BCUT2D eigenvalue weighted by Gasteiger charge is -2.04. The Morgan fingerprint density at radius 2 is 1.31 bits per heavy atom. The van der Waals surface area contributed by atoms with Gasteiger partial charge < -0.3 is 4.84 Å². The molecule has 2 heteroatoms. The highest BCUT2D eigenvalue weighted by Gasteiger charge is 1.95. The molecule has 98 valence electrons. The summed E-state index contributed by atoms with van der Waals surface area (Å²) in [6, 6.07) is 0. The summed E-state index contributed by atoms with van der Waals surface area (Å²) in [6.07, 6.45) is 12.5. The molecule has 0 aliphatic rings. The minimum atomic E-state index is 0.883. The molecular weight excluding hydrogens is 198 g/mol. The van der Waals surface area contributed by atoms with E-state index >= 15 is 0 Å². The van der Waals surface area contributed by atoms with Crippen LogP contribution in [0.5, 0.6) is 0 Å². The van der Waals surface area contributed by atoms with E-state index in [4.69, 9.17) is 4.84 Å². The van der Waals surface area contributed by atoms with E-state index in [2.05, 4.69) is 19.3 Å². The molecule has 0 saturated heterocycles. The van der Waals surface area contributed by atoms with E-state index in [1.54, 1.807) is 7.11 Å². The van der Waals surface area contributed by atoms with Gasteiger partial charge in [0.25, 0.3) is 0 Å². The van der Waals surface area contributed by atoms with Crippen LogP contribution in [0.1, 0.15) is 71.6 Å². The van der Waals surface area contributed by atoms with Crippen molar-refractivity contribution in [2.24, 2.45) is 5.92 Å². The highest BCUT2D eigenvalue weighted by atomic mass is 16.6. The standard InChI is InChI=1S/C14H31NO/c1-14(2)12-10-8-6-4-5-7-9-11-13-15-16-3/h14-15H,4-13H2,1-3H3. The normalized spacial score (nSPS) is 11.2. The van der Waals surface area contributed by atoms with Crippen LogP contribution in [0.3, 0.4) is 0 Å². The summed E-state index contributed by atoms with van der Waals surface area (Å²) in [5.41, 5.74) is 2.88. The Morgan fingerprint density at radius 3 is 1.81 bits per heavy atom. The maximum atomic E-state index is 4.78. The molecule has 0 fully saturated rings. The fourth-order valence-corrected chi connectivity index (χ4v) is 1.91. The summed E-state index contributed by atoms with van der Waals surface area (Å²) < 4.78 is 0. The molecule has 0 amide bonds. The Kier molecular flexibility index (Phi) is 12.9. The van der Waals surface area contributed by atoms with Crippen LogP contribution in [-0.4, -0.2) is 13.7 Å². The summed E-state index contributed by atoms with van der Waals surface area (Å²) in [5.74, 6) is 0.883. The Balaban J connectivity index is 2.88. The molecule has 0 aromatic carbocycles. The molecule has 2 nitrogen and oxygen atoms in total. The lowest BCUT2D eigenvalue weighted by Crippen LogP contribution is -2.12. The average molecular weight is 229 g/mol. The molecule has 16 heavy (non-hydrogen) atoms. The number of nitrogens with one attached hydrogen (secondary N) is 1. The van der Waals surface area contributed by atoms with Crippen molar-refractivity contribution in [2.45, 2.75) is 71.6 Å². The Morgan fingerprint density at radius 1 is 0.812 bits per heavy atom. The first-order valence-corrected chi connectivity index (χ1v) is 7.03. The Labute approximate surface area is 102 Å².